The van der Waals surface area contributed by atoms with E-state index in [1.54, 1.807) is 0 Å². The minimum atomic E-state index is -4.50. The van der Waals surface area contributed by atoms with Crippen LogP contribution in [0.3, 0.4) is 0 Å². The van der Waals surface area contributed by atoms with Crippen LogP contribution < -0.4 is 5.32 Å². The SMILES string of the molecule is CC[C@@H](c1ccc(C(F)(F)F)cc1F)N1CCNCC1.Cl. The minimum Gasteiger partial charge on any atom is -0.314 e. The van der Waals surface area contributed by atoms with E-state index in [2.05, 4.69) is 10.2 Å². The number of rotatable bonds is 3. The molecule has 21 heavy (non-hydrogen) atoms. The van der Waals surface area contributed by atoms with Gasteiger partial charge in [-0.1, -0.05) is 13.0 Å². The quantitative estimate of drug-likeness (QED) is 0.853. The molecule has 1 N–H and O–H groups in total. The van der Waals surface area contributed by atoms with Gasteiger partial charge in [0.05, 0.1) is 5.56 Å². The Morgan fingerprint density at radius 1 is 1.24 bits per heavy atom. The molecular weight excluding hydrogens is 308 g/mol. The molecule has 0 aliphatic carbocycles. The topological polar surface area (TPSA) is 15.3 Å². The second-order valence-electron chi connectivity index (χ2n) is 4.94. The molecule has 0 saturated carbocycles. The summed E-state index contributed by atoms with van der Waals surface area (Å²) in [5.41, 5.74) is -0.587. The third-order valence-electron chi connectivity index (χ3n) is 3.67. The summed E-state index contributed by atoms with van der Waals surface area (Å²) in [6.45, 7) is 5.11. The third kappa shape index (κ3) is 4.31. The van der Waals surface area contributed by atoms with Crippen molar-refractivity contribution < 1.29 is 17.6 Å². The molecule has 1 aliphatic rings. The Morgan fingerprint density at radius 3 is 2.33 bits per heavy atom. The number of nitrogens with one attached hydrogen (secondary N) is 1. The van der Waals surface area contributed by atoms with Gasteiger partial charge in [0.1, 0.15) is 5.82 Å². The van der Waals surface area contributed by atoms with E-state index in [9.17, 15) is 17.6 Å². The number of hydrogen-bond donors (Lipinski definition) is 1. The number of benzene rings is 1. The molecule has 1 aromatic carbocycles. The molecule has 1 fully saturated rings. The maximum absolute atomic E-state index is 14.0. The van der Waals surface area contributed by atoms with Gasteiger partial charge in [-0.25, -0.2) is 4.39 Å². The van der Waals surface area contributed by atoms with Gasteiger partial charge in [0.15, 0.2) is 0 Å². The van der Waals surface area contributed by atoms with E-state index in [1.807, 2.05) is 6.92 Å². The summed E-state index contributed by atoms with van der Waals surface area (Å²) in [6.07, 6.45) is -3.83. The first-order valence-electron chi connectivity index (χ1n) is 6.75. The van der Waals surface area contributed by atoms with Crippen LogP contribution in [0.1, 0.15) is 30.5 Å². The van der Waals surface area contributed by atoms with Crippen LogP contribution in [0, 0.1) is 5.82 Å². The van der Waals surface area contributed by atoms with Crippen LogP contribution in [-0.4, -0.2) is 31.1 Å². The van der Waals surface area contributed by atoms with Crippen molar-refractivity contribution in [2.24, 2.45) is 0 Å². The van der Waals surface area contributed by atoms with Gasteiger partial charge >= 0.3 is 6.18 Å². The average Bonchev–Trinajstić information content (AvgIpc) is 2.41. The first-order valence-corrected chi connectivity index (χ1v) is 6.75. The van der Waals surface area contributed by atoms with Crippen molar-refractivity contribution in [1.82, 2.24) is 10.2 Å². The van der Waals surface area contributed by atoms with Crippen LogP contribution >= 0.6 is 12.4 Å². The summed E-state index contributed by atoms with van der Waals surface area (Å²) >= 11 is 0. The van der Waals surface area contributed by atoms with Crippen LogP contribution in [0.5, 0.6) is 0 Å². The second kappa shape index (κ2) is 7.42. The highest BCUT2D eigenvalue weighted by Crippen LogP contribution is 2.33. The zero-order valence-corrected chi connectivity index (χ0v) is 12.5. The Labute approximate surface area is 127 Å². The molecule has 7 heteroatoms. The normalized spacial score (nSPS) is 18.1. The zero-order valence-electron chi connectivity index (χ0n) is 11.7. The van der Waals surface area contributed by atoms with Crippen molar-refractivity contribution in [3.8, 4) is 0 Å². The van der Waals surface area contributed by atoms with Gasteiger partial charge in [0.25, 0.3) is 0 Å². The lowest BCUT2D eigenvalue weighted by Gasteiger charge is -2.35. The summed E-state index contributed by atoms with van der Waals surface area (Å²) in [4.78, 5) is 2.11. The minimum absolute atomic E-state index is 0. The predicted octanol–water partition coefficient (Wildman–Crippen LogP) is 3.62. The van der Waals surface area contributed by atoms with Gasteiger partial charge in [0, 0.05) is 37.8 Å². The van der Waals surface area contributed by atoms with Gasteiger partial charge < -0.3 is 5.32 Å². The zero-order chi connectivity index (χ0) is 14.8. The molecule has 1 saturated heterocycles. The first-order chi connectivity index (χ1) is 9.43. The highest BCUT2D eigenvalue weighted by molar-refractivity contribution is 5.85. The summed E-state index contributed by atoms with van der Waals surface area (Å²) in [7, 11) is 0. The highest BCUT2D eigenvalue weighted by atomic mass is 35.5. The summed E-state index contributed by atoms with van der Waals surface area (Å²) in [5, 5.41) is 3.20. The number of alkyl halides is 3. The van der Waals surface area contributed by atoms with E-state index < -0.39 is 17.6 Å². The number of halogens is 5. The van der Waals surface area contributed by atoms with Crippen LogP contribution in [0.2, 0.25) is 0 Å². The van der Waals surface area contributed by atoms with Gasteiger partial charge in [0.2, 0.25) is 0 Å². The Morgan fingerprint density at radius 2 is 1.86 bits per heavy atom. The van der Waals surface area contributed by atoms with Crippen LogP contribution in [-0.2, 0) is 6.18 Å². The lowest BCUT2D eigenvalue weighted by atomic mass is 9.99. The van der Waals surface area contributed by atoms with Crippen molar-refractivity contribution in [1.29, 1.82) is 0 Å². The Hall–Kier alpha value is -0.850. The van der Waals surface area contributed by atoms with Gasteiger partial charge in [-0.2, -0.15) is 13.2 Å². The molecule has 1 atom stereocenters. The molecule has 120 valence electrons. The monoisotopic (exact) mass is 326 g/mol. The van der Waals surface area contributed by atoms with Crippen LogP contribution in [0.4, 0.5) is 17.6 Å². The van der Waals surface area contributed by atoms with E-state index in [0.29, 0.717) is 18.1 Å². The first kappa shape index (κ1) is 18.2. The Balaban J connectivity index is 0.00000220. The smallest absolute Gasteiger partial charge is 0.314 e. The molecule has 0 unspecified atom stereocenters. The number of piperazine rings is 1. The van der Waals surface area contributed by atoms with Crippen molar-refractivity contribution in [3.63, 3.8) is 0 Å². The molecule has 0 bridgehead atoms. The summed E-state index contributed by atoms with van der Waals surface area (Å²) in [6, 6.07) is 2.66. The molecule has 1 heterocycles. The lowest BCUT2D eigenvalue weighted by Crippen LogP contribution is -2.45. The van der Waals surface area contributed by atoms with E-state index >= 15 is 0 Å². The number of hydrogen-bond acceptors (Lipinski definition) is 2. The molecule has 0 aromatic heterocycles. The maximum Gasteiger partial charge on any atom is 0.416 e. The van der Waals surface area contributed by atoms with Gasteiger partial charge in [-0.3, -0.25) is 4.90 Å². The fraction of sp³-hybridized carbons (Fsp3) is 0.571. The van der Waals surface area contributed by atoms with Crippen molar-refractivity contribution >= 4 is 12.4 Å². The van der Waals surface area contributed by atoms with Crippen molar-refractivity contribution in [2.45, 2.75) is 25.6 Å². The molecule has 1 aromatic rings. The Kier molecular flexibility index (Phi) is 6.43. The molecule has 2 nitrogen and oxygen atoms in total. The summed E-state index contributed by atoms with van der Waals surface area (Å²) in [5.74, 6) is -0.773. The fourth-order valence-corrected chi connectivity index (χ4v) is 2.64. The van der Waals surface area contributed by atoms with Crippen LogP contribution in [0.15, 0.2) is 18.2 Å². The molecule has 0 amide bonds. The highest BCUT2D eigenvalue weighted by Gasteiger charge is 2.32. The molecule has 0 radical (unpaired) electrons. The largest absolute Gasteiger partial charge is 0.416 e. The second-order valence-corrected chi connectivity index (χ2v) is 4.94. The fourth-order valence-electron chi connectivity index (χ4n) is 2.64. The molecule has 1 aliphatic heterocycles. The molecular formula is C14H19ClF4N2. The van der Waals surface area contributed by atoms with Crippen molar-refractivity contribution in [2.75, 3.05) is 26.2 Å². The van der Waals surface area contributed by atoms with E-state index in [0.717, 1.165) is 32.2 Å². The van der Waals surface area contributed by atoms with E-state index in [4.69, 9.17) is 0 Å². The maximum atomic E-state index is 14.0. The average molecular weight is 327 g/mol. The summed E-state index contributed by atoms with van der Waals surface area (Å²) < 4.78 is 51.7. The molecule has 2 rings (SSSR count). The Bertz CT molecular complexity index is 459. The van der Waals surface area contributed by atoms with Gasteiger partial charge in [-0.15, -0.1) is 12.4 Å². The van der Waals surface area contributed by atoms with E-state index in [-0.39, 0.29) is 18.4 Å². The number of nitrogens with zero attached hydrogens (tertiary/aromatic N) is 1. The van der Waals surface area contributed by atoms with Gasteiger partial charge in [-0.05, 0) is 18.6 Å². The predicted molar refractivity (Wildman–Crippen MR) is 76.1 cm³/mol. The lowest BCUT2D eigenvalue weighted by molar-refractivity contribution is -0.137. The van der Waals surface area contributed by atoms with Crippen molar-refractivity contribution in [3.05, 3.63) is 35.1 Å². The van der Waals surface area contributed by atoms with Crippen LogP contribution in [0.25, 0.3) is 0 Å². The molecule has 0 spiro atoms. The standard InChI is InChI=1S/C14H18F4N2.ClH/c1-2-13(20-7-5-19-6-8-20)11-4-3-10(9-12(11)15)14(16,17)18;/h3-4,9,13,19H,2,5-8H2,1H3;1H/t13-;/m0./s1. The van der Waals surface area contributed by atoms with E-state index in [1.165, 1.54) is 6.07 Å². The third-order valence-corrected chi connectivity index (χ3v) is 3.67.